The molecular formula is C20H22N2O3S. The first-order valence-electron chi connectivity index (χ1n) is 8.61. The van der Waals surface area contributed by atoms with E-state index in [4.69, 9.17) is 0 Å². The highest BCUT2D eigenvalue weighted by Gasteiger charge is 2.25. The van der Waals surface area contributed by atoms with E-state index in [1.165, 1.54) is 4.31 Å². The van der Waals surface area contributed by atoms with Gasteiger partial charge in [0.1, 0.15) is 0 Å². The van der Waals surface area contributed by atoms with Crippen LogP contribution in [0.15, 0.2) is 60.2 Å². The maximum atomic E-state index is 12.3. The lowest BCUT2D eigenvalue weighted by Gasteiger charge is -2.28. The van der Waals surface area contributed by atoms with E-state index >= 15 is 0 Å². The molecule has 0 aromatic heterocycles. The van der Waals surface area contributed by atoms with Crippen molar-refractivity contribution in [3.8, 4) is 0 Å². The quantitative estimate of drug-likeness (QED) is 0.835. The molecule has 1 N–H and O–H groups in total. The summed E-state index contributed by atoms with van der Waals surface area (Å²) in [7, 11) is -3.22. The second-order valence-corrected chi connectivity index (χ2v) is 8.35. The van der Waals surface area contributed by atoms with Crippen molar-refractivity contribution in [2.24, 2.45) is 0 Å². The molecule has 0 saturated carbocycles. The maximum absolute atomic E-state index is 12.3. The fourth-order valence-electron chi connectivity index (χ4n) is 2.88. The average Bonchev–Trinajstić information content (AvgIpc) is 2.63. The Hall–Kier alpha value is -2.60. The average molecular weight is 370 g/mol. The van der Waals surface area contributed by atoms with Crippen LogP contribution >= 0.6 is 0 Å². The third-order valence-electron chi connectivity index (χ3n) is 4.30. The molecule has 2 aromatic carbocycles. The van der Waals surface area contributed by atoms with Crippen molar-refractivity contribution in [1.82, 2.24) is 0 Å². The van der Waals surface area contributed by atoms with Crippen LogP contribution in [0.2, 0.25) is 0 Å². The summed E-state index contributed by atoms with van der Waals surface area (Å²) in [6.07, 6.45) is 3.39. The molecule has 0 unspecified atom stereocenters. The van der Waals surface area contributed by atoms with Gasteiger partial charge in [0.15, 0.2) is 0 Å². The fourth-order valence-corrected chi connectivity index (χ4v) is 4.52. The summed E-state index contributed by atoms with van der Waals surface area (Å²) in [6, 6.07) is 16.6. The van der Waals surface area contributed by atoms with Gasteiger partial charge in [0, 0.05) is 17.8 Å². The van der Waals surface area contributed by atoms with Crippen molar-refractivity contribution < 1.29 is 13.2 Å². The molecule has 1 saturated heterocycles. The van der Waals surface area contributed by atoms with E-state index in [0.717, 1.165) is 12.0 Å². The molecule has 1 fully saturated rings. The number of amides is 1. The summed E-state index contributed by atoms with van der Waals surface area (Å²) in [5, 5.41) is 2.84. The van der Waals surface area contributed by atoms with Crippen molar-refractivity contribution >= 4 is 33.4 Å². The molecule has 6 heteroatoms. The Bertz CT molecular complexity index is 904. The predicted octanol–water partition coefficient (Wildman–Crippen LogP) is 3.66. The highest BCUT2D eigenvalue weighted by Crippen LogP contribution is 2.25. The van der Waals surface area contributed by atoms with Crippen molar-refractivity contribution in [3.05, 3.63) is 65.7 Å². The third kappa shape index (κ3) is 4.32. The standard InChI is InChI=1S/C20H22N2O3S/c1-16(15-17-7-3-2-4-8-17)20(23)21-18-9-11-19(12-10-18)22-13-5-6-14-26(22,24)25/h2-4,7-12,15H,5-6,13-14H2,1H3,(H,21,23)/b16-15+. The van der Waals surface area contributed by atoms with Gasteiger partial charge >= 0.3 is 0 Å². The monoisotopic (exact) mass is 370 g/mol. The fraction of sp³-hybridized carbons (Fsp3) is 0.250. The number of nitrogens with one attached hydrogen (secondary N) is 1. The van der Waals surface area contributed by atoms with Crippen LogP contribution < -0.4 is 9.62 Å². The van der Waals surface area contributed by atoms with Gasteiger partial charge in [-0.1, -0.05) is 30.3 Å². The Morgan fingerprint density at radius 3 is 2.38 bits per heavy atom. The summed E-state index contributed by atoms with van der Waals surface area (Å²) in [6.45, 7) is 2.27. The number of hydrogen-bond donors (Lipinski definition) is 1. The van der Waals surface area contributed by atoms with Gasteiger partial charge < -0.3 is 5.32 Å². The van der Waals surface area contributed by atoms with Crippen LogP contribution in [0.1, 0.15) is 25.3 Å². The number of nitrogens with zero attached hydrogens (tertiary/aromatic N) is 1. The van der Waals surface area contributed by atoms with Crippen molar-refractivity contribution in [2.45, 2.75) is 19.8 Å². The number of sulfonamides is 1. The summed E-state index contributed by atoms with van der Waals surface area (Å²) < 4.78 is 25.8. The Morgan fingerprint density at radius 1 is 1.04 bits per heavy atom. The van der Waals surface area contributed by atoms with Crippen molar-refractivity contribution in [3.63, 3.8) is 0 Å². The van der Waals surface area contributed by atoms with Gasteiger partial charge in [0.2, 0.25) is 10.0 Å². The maximum Gasteiger partial charge on any atom is 0.251 e. The molecule has 1 heterocycles. The molecule has 0 spiro atoms. The number of anilines is 2. The van der Waals surface area contributed by atoms with E-state index in [2.05, 4.69) is 5.32 Å². The second kappa shape index (κ2) is 7.74. The molecular weight excluding hydrogens is 348 g/mol. The number of rotatable bonds is 4. The van der Waals surface area contributed by atoms with E-state index in [1.54, 1.807) is 31.2 Å². The highest BCUT2D eigenvalue weighted by atomic mass is 32.2. The van der Waals surface area contributed by atoms with Crippen LogP contribution in [-0.2, 0) is 14.8 Å². The van der Waals surface area contributed by atoms with Gasteiger partial charge in [-0.3, -0.25) is 9.10 Å². The van der Waals surface area contributed by atoms with Crippen molar-refractivity contribution in [2.75, 3.05) is 21.9 Å². The Kier molecular flexibility index (Phi) is 5.42. The van der Waals surface area contributed by atoms with Crippen LogP contribution in [0, 0.1) is 0 Å². The van der Waals surface area contributed by atoms with Crippen LogP contribution in [-0.4, -0.2) is 26.6 Å². The molecule has 136 valence electrons. The molecule has 0 atom stereocenters. The van der Waals surface area contributed by atoms with Gasteiger partial charge in [-0.15, -0.1) is 0 Å². The number of carbonyl (C=O) groups is 1. The van der Waals surface area contributed by atoms with Crippen LogP contribution in [0.25, 0.3) is 6.08 Å². The van der Waals surface area contributed by atoms with E-state index < -0.39 is 10.0 Å². The van der Waals surface area contributed by atoms with E-state index in [9.17, 15) is 13.2 Å². The lowest BCUT2D eigenvalue weighted by molar-refractivity contribution is -0.112. The predicted molar refractivity (Wildman–Crippen MR) is 106 cm³/mol. The molecule has 1 aliphatic heterocycles. The summed E-state index contributed by atoms with van der Waals surface area (Å²) in [5.41, 5.74) is 2.83. The lowest BCUT2D eigenvalue weighted by atomic mass is 10.1. The SMILES string of the molecule is C/C(=C\c1ccccc1)C(=O)Nc1ccc(N2CCCCS2(=O)=O)cc1. The Morgan fingerprint density at radius 2 is 1.73 bits per heavy atom. The summed E-state index contributed by atoms with van der Waals surface area (Å²) in [4.78, 5) is 12.3. The molecule has 5 nitrogen and oxygen atoms in total. The Labute approximate surface area is 154 Å². The molecule has 1 aliphatic rings. The molecule has 0 bridgehead atoms. The topological polar surface area (TPSA) is 66.5 Å². The zero-order valence-corrected chi connectivity index (χ0v) is 15.5. The largest absolute Gasteiger partial charge is 0.322 e. The van der Waals surface area contributed by atoms with E-state index in [-0.39, 0.29) is 11.7 Å². The third-order valence-corrected chi connectivity index (χ3v) is 6.17. The van der Waals surface area contributed by atoms with Gasteiger partial charge in [-0.2, -0.15) is 0 Å². The zero-order valence-electron chi connectivity index (χ0n) is 14.7. The number of benzene rings is 2. The number of hydrogen-bond acceptors (Lipinski definition) is 3. The summed E-state index contributed by atoms with van der Waals surface area (Å²) in [5.74, 6) is 0.00167. The zero-order chi connectivity index (χ0) is 18.6. The normalized spacial score (nSPS) is 17.0. The van der Waals surface area contributed by atoms with Gasteiger partial charge in [-0.25, -0.2) is 8.42 Å². The molecule has 0 aliphatic carbocycles. The van der Waals surface area contributed by atoms with Crippen LogP contribution in [0.3, 0.4) is 0 Å². The van der Waals surface area contributed by atoms with Gasteiger partial charge in [0.25, 0.3) is 5.91 Å². The first-order valence-corrected chi connectivity index (χ1v) is 10.2. The lowest BCUT2D eigenvalue weighted by Crippen LogP contribution is -2.37. The van der Waals surface area contributed by atoms with Gasteiger partial charge in [0.05, 0.1) is 11.4 Å². The molecule has 3 rings (SSSR count). The molecule has 0 radical (unpaired) electrons. The molecule has 2 aromatic rings. The highest BCUT2D eigenvalue weighted by molar-refractivity contribution is 7.92. The van der Waals surface area contributed by atoms with Crippen LogP contribution in [0.4, 0.5) is 11.4 Å². The first-order chi connectivity index (χ1) is 12.5. The van der Waals surface area contributed by atoms with Crippen molar-refractivity contribution in [1.29, 1.82) is 0 Å². The molecule has 26 heavy (non-hydrogen) atoms. The van der Waals surface area contributed by atoms with Gasteiger partial charge in [-0.05, 0) is 55.7 Å². The Balaban J connectivity index is 1.69. The molecule has 1 amide bonds. The minimum absolute atomic E-state index is 0.188. The van der Waals surface area contributed by atoms with Crippen LogP contribution in [0.5, 0.6) is 0 Å². The summed E-state index contributed by atoms with van der Waals surface area (Å²) >= 11 is 0. The first kappa shape index (κ1) is 18.2. The second-order valence-electron chi connectivity index (χ2n) is 6.33. The smallest absolute Gasteiger partial charge is 0.251 e. The number of carbonyl (C=O) groups excluding carboxylic acids is 1. The minimum atomic E-state index is -3.22. The minimum Gasteiger partial charge on any atom is -0.322 e. The van der Waals surface area contributed by atoms with E-state index in [0.29, 0.717) is 29.9 Å². The van der Waals surface area contributed by atoms with E-state index in [1.807, 2.05) is 36.4 Å².